The highest BCUT2D eigenvalue weighted by Crippen LogP contribution is 2.35. The van der Waals surface area contributed by atoms with Gasteiger partial charge in [0.25, 0.3) is 0 Å². The van der Waals surface area contributed by atoms with Crippen LogP contribution in [0.25, 0.3) is 28.2 Å². The standard InChI is InChI=1S/C28H30N2/c1-17-8-11-24(14-20(17)4)27-23(7)28(25-12-9-18(2)21(5)15-25)30(29-27)26-13-10-19(3)22(6)16-26/h8-16H,1-7H3. The van der Waals surface area contributed by atoms with Gasteiger partial charge in [-0.3, -0.25) is 0 Å². The molecule has 0 radical (unpaired) electrons. The molecule has 0 N–H and O–H groups in total. The molecule has 0 aliphatic rings. The summed E-state index contributed by atoms with van der Waals surface area (Å²) in [5.74, 6) is 0. The van der Waals surface area contributed by atoms with Crippen molar-refractivity contribution in [3.05, 3.63) is 93.5 Å². The first-order chi connectivity index (χ1) is 14.3. The second kappa shape index (κ2) is 7.60. The van der Waals surface area contributed by atoms with Crippen molar-refractivity contribution in [2.45, 2.75) is 48.5 Å². The molecule has 0 unspecified atom stereocenters. The van der Waals surface area contributed by atoms with E-state index >= 15 is 0 Å². The third kappa shape index (κ3) is 3.47. The van der Waals surface area contributed by atoms with Crippen molar-refractivity contribution < 1.29 is 0 Å². The van der Waals surface area contributed by atoms with Crippen LogP contribution in [0.15, 0.2) is 54.6 Å². The van der Waals surface area contributed by atoms with Crippen molar-refractivity contribution >= 4 is 0 Å². The van der Waals surface area contributed by atoms with Crippen molar-refractivity contribution in [3.8, 4) is 28.2 Å². The van der Waals surface area contributed by atoms with Gasteiger partial charge in [0.05, 0.1) is 17.1 Å². The van der Waals surface area contributed by atoms with Crippen LogP contribution in [-0.2, 0) is 0 Å². The molecule has 0 amide bonds. The summed E-state index contributed by atoms with van der Waals surface area (Å²) in [7, 11) is 0. The van der Waals surface area contributed by atoms with Gasteiger partial charge in [-0.1, -0.05) is 30.3 Å². The van der Waals surface area contributed by atoms with E-state index in [1.807, 2.05) is 0 Å². The molecule has 152 valence electrons. The maximum atomic E-state index is 5.14. The minimum atomic E-state index is 1.05. The Kier molecular flexibility index (Phi) is 5.11. The molecule has 0 atom stereocenters. The van der Waals surface area contributed by atoms with Crippen LogP contribution >= 0.6 is 0 Å². The van der Waals surface area contributed by atoms with E-state index in [-0.39, 0.29) is 0 Å². The lowest BCUT2D eigenvalue weighted by Crippen LogP contribution is -2.01. The van der Waals surface area contributed by atoms with Crippen LogP contribution in [0.5, 0.6) is 0 Å². The SMILES string of the molecule is Cc1ccc(-c2nn(-c3ccc(C)c(C)c3)c(-c3ccc(C)c(C)c3)c2C)cc1C. The van der Waals surface area contributed by atoms with Gasteiger partial charge in [0, 0.05) is 16.7 Å². The first-order valence-corrected chi connectivity index (χ1v) is 10.6. The zero-order chi connectivity index (χ0) is 21.6. The molecule has 0 fully saturated rings. The van der Waals surface area contributed by atoms with Gasteiger partial charge >= 0.3 is 0 Å². The van der Waals surface area contributed by atoms with E-state index in [0.717, 1.165) is 17.1 Å². The predicted octanol–water partition coefficient (Wildman–Crippen LogP) is 7.37. The van der Waals surface area contributed by atoms with Crippen molar-refractivity contribution in [2.75, 3.05) is 0 Å². The number of nitrogens with zero attached hydrogens (tertiary/aromatic N) is 2. The lowest BCUT2D eigenvalue weighted by molar-refractivity contribution is 0.889. The molecule has 0 spiro atoms. The average molecular weight is 395 g/mol. The Morgan fingerprint density at radius 3 is 1.60 bits per heavy atom. The van der Waals surface area contributed by atoms with Gasteiger partial charge in [0.1, 0.15) is 0 Å². The highest BCUT2D eigenvalue weighted by molar-refractivity contribution is 5.76. The smallest absolute Gasteiger partial charge is 0.0963 e. The second-order valence-electron chi connectivity index (χ2n) is 8.60. The minimum Gasteiger partial charge on any atom is -0.232 e. The number of benzene rings is 3. The van der Waals surface area contributed by atoms with Crippen LogP contribution in [0.2, 0.25) is 0 Å². The Hall–Kier alpha value is -3.13. The van der Waals surface area contributed by atoms with Crippen LogP contribution in [0.3, 0.4) is 0 Å². The summed E-state index contributed by atoms with van der Waals surface area (Å²) in [4.78, 5) is 0. The summed E-state index contributed by atoms with van der Waals surface area (Å²) in [6.45, 7) is 15.2. The third-order valence-electron chi connectivity index (χ3n) is 6.42. The minimum absolute atomic E-state index is 1.05. The van der Waals surface area contributed by atoms with Crippen LogP contribution in [-0.4, -0.2) is 9.78 Å². The van der Waals surface area contributed by atoms with Gasteiger partial charge in [-0.15, -0.1) is 0 Å². The zero-order valence-electron chi connectivity index (χ0n) is 19.1. The van der Waals surface area contributed by atoms with Crippen LogP contribution in [0.1, 0.15) is 38.9 Å². The average Bonchev–Trinajstić information content (AvgIpc) is 3.05. The van der Waals surface area contributed by atoms with E-state index in [0.29, 0.717) is 0 Å². The number of rotatable bonds is 3. The number of aromatic nitrogens is 2. The Morgan fingerprint density at radius 1 is 0.533 bits per heavy atom. The third-order valence-corrected chi connectivity index (χ3v) is 6.42. The molecule has 4 rings (SSSR count). The van der Waals surface area contributed by atoms with Crippen LogP contribution in [0, 0.1) is 48.5 Å². The molecule has 2 heteroatoms. The number of hydrogen-bond acceptors (Lipinski definition) is 1. The van der Waals surface area contributed by atoms with Crippen molar-refractivity contribution in [1.29, 1.82) is 0 Å². The van der Waals surface area contributed by atoms with Gasteiger partial charge in [0.15, 0.2) is 0 Å². The maximum Gasteiger partial charge on any atom is 0.0963 e. The highest BCUT2D eigenvalue weighted by atomic mass is 15.3. The summed E-state index contributed by atoms with van der Waals surface area (Å²) >= 11 is 0. The predicted molar refractivity (Wildman–Crippen MR) is 128 cm³/mol. The Bertz CT molecular complexity index is 1260. The summed E-state index contributed by atoms with van der Waals surface area (Å²) in [5, 5.41) is 5.14. The van der Waals surface area contributed by atoms with E-state index in [9.17, 15) is 0 Å². The van der Waals surface area contributed by atoms with Crippen molar-refractivity contribution in [2.24, 2.45) is 0 Å². The van der Waals surface area contributed by atoms with Gasteiger partial charge < -0.3 is 0 Å². The molecule has 1 heterocycles. The molecule has 0 saturated heterocycles. The highest BCUT2D eigenvalue weighted by Gasteiger charge is 2.19. The lowest BCUT2D eigenvalue weighted by atomic mass is 9.98. The molecule has 1 aromatic heterocycles. The van der Waals surface area contributed by atoms with Gasteiger partial charge in [-0.2, -0.15) is 5.10 Å². The van der Waals surface area contributed by atoms with E-state index < -0.39 is 0 Å². The zero-order valence-corrected chi connectivity index (χ0v) is 19.1. The van der Waals surface area contributed by atoms with Crippen LogP contribution in [0.4, 0.5) is 0 Å². The molecule has 4 aromatic rings. The Labute approximate surface area is 180 Å². The van der Waals surface area contributed by atoms with E-state index in [1.165, 1.54) is 50.1 Å². The number of hydrogen-bond donors (Lipinski definition) is 0. The van der Waals surface area contributed by atoms with Crippen molar-refractivity contribution in [1.82, 2.24) is 9.78 Å². The first kappa shape index (κ1) is 20.2. The van der Waals surface area contributed by atoms with E-state index in [4.69, 9.17) is 5.10 Å². The topological polar surface area (TPSA) is 17.8 Å². The first-order valence-electron chi connectivity index (χ1n) is 10.6. The molecule has 0 aliphatic carbocycles. The van der Waals surface area contributed by atoms with Gasteiger partial charge in [-0.25, -0.2) is 4.68 Å². The molecule has 0 bridgehead atoms. The maximum absolute atomic E-state index is 5.14. The van der Waals surface area contributed by atoms with Gasteiger partial charge in [-0.05, 0) is 106 Å². The fraction of sp³-hybridized carbons (Fsp3) is 0.250. The second-order valence-corrected chi connectivity index (χ2v) is 8.60. The Morgan fingerprint density at radius 2 is 1.03 bits per heavy atom. The fourth-order valence-corrected chi connectivity index (χ4v) is 3.93. The van der Waals surface area contributed by atoms with E-state index in [2.05, 4.69) is 108 Å². The van der Waals surface area contributed by atoms with Crippen LogP contribution < -0.4 is 0 Å². The molecule has 3 aromatic carbocycles. The molecule has 0 saturated carbocycles. The summed E-state index contributed by atoms with van der Waals surface area (Å²) in [5.41, 5.74) is 14.7. The fourth-order valence-electron chi connectivity index (χ4n) is 3.93. The molecule has 2 nitrogen and oxygen atoms in total. The Balaban J connectivity index is 2.00. The quantitative estimate of drug-likeness (QED) is 0.355. The lowest BCUT2D eigenvalue weighted by Gasteiger charge is -2.12. The molecule has 0 aliphatic heterocycles. The summed E-state index contributed by atoms with van der Waals surface area (Å²) in [6, 6.07) is 19.9. The normalized spacial score (nSPS) is 11.2. The van der Waals surface area contributed by atoms with Crippen molar-refractivity contribution in [3.63, 3.8) is 0 Å². The molecule has 30 heavy (non-hydrogen) atoms. The van der Waals surface area contributed by atoms with E-state index in [1.54, 1.807) is 0 Å². The summed E-state index contributed by atoms with van der Waals surface area (Å²) in [6.07, 6.45) is 0. The molecular weight excluding hydrogens is 364 g/mol. The van der Waals surface area contributed by atoms with Gasteiger partial charge in [0.2, 0.25) is 0 Å². The number of aryl methyl sites for hydroxylation is 6. The largest absolute Gasteiger partial charge is 0.232 e. The monoisotopic (exact) mass is 394 g/mol. The summed E-state index contributed by atoms with van der Waals surface area (Å²) < 4.78 is 2.12. The molecular formula is C28H30N2.